The van der Waals surface area contributed by atoms with Crippen LogP contribution in [0.2, 0.25) is 0 Å². The molecule has 0 saturated carbocycles. The number of morpholine rings is 1. The number of carbonyl (C=O) groups excluding carboxylic acids is 3. The fourth-order valence-corrected chi connectivity index (χ4v) is 4.83. The predicted octanol–water partition coefficient (Wildman–Crippen LogP) is 2.07. The van der Waals surface area contributed by atoms with Crippen molar-refractivity contribution in [3.63, 3.8) is 0 Å². The second kappa shape index (κ2) is 7.91. The van der Waals surface area contributed by atoms with E-state index >= 15 is 0 Å². The molecule has 2 aromatic rings. The maximum Gasteiger partial charge on any atom is 0.332 e. The summed E-state index contributed by atoms with van der Waals surface area (Å²) in [5, 5.41) is 0. The molecule has 7 heteroatoms. The number of fused-ring (bicyclic) bond motifs is 1. The molecule has 0 spiro atoms. The molecule has 4 atom stereocenters. The number of methoxy groups -OCH3 is 2. The molecule has 0 N–H and O–H groups in total. The first kappa shape index (κ1) is 20.1. The number of rotatable bonds is 4. The summed E-state index contributed by atoms with van der Waals surface area (Å²) in [6, 6.07) is 18.2. The fourth-order valence-electron chi connectivity index (χ4n) is 4.83. The number of hydrogen-bond donors (Lipinski definition) is 0. The molecule has 2 fully saturated rings. The van der Waals surface area contributed by atoms with Gasteiger partial charge < -0.3 is 14.2 Å². The van der Waals surface area contributed by atoms with E-state index in [1.807, 2.05) is 41.3 Å². The Hall–Kier alpha value is -3.19. The maximum absolute atomic E-state index is 13.4. The molecule has 4 rings (SSSR count). The van der Waals surface area contributed by atoms with Crippen LogP contribution >= 0.6 is 0 Å². The molecular formula is C23H23NO6. The topological polar surface area (TPSA) is 82.1 Å². The van der Waals surface area contributed by atoms with Crippen LogP contribution in [0.25, 0.3) is 0 Å². The van der Waals surface area contributed by atoms with Crippen molar-refractivity contribution in [1.82, 2.24) is 4.90 Å². The van der Waals surface area contributed by atoms with E-state index in [-0.39, 0.29) is 19.2 Å². The molecular weight excluding hydrogens is 386 g/mol. The van der Waals surface area contributed by atoms with E-state index in [4.69, 9.17) is 14.2 Å². The lowest BCUT2D eigenvalue weighted by atomic mass is 9.73. The van der Waals surface area contributed by atoms with Crippen LogP contribution in [0.5, 0.6) is 0 Å². The predicted molar refractivity (Wildman–Crippen MR) is 106 cm³/mol. The van der Waals surface area contributed by atoms with Gasteiger partial charge in [-0.3, -0.25) is 14.5 Å². The second-order valence-electron chi connectivity index (χ2n) is 7.44. The second-order valence-corrected chi connectivity index (χ2v) is 7.44. The number of ether oxygens (including phenoxy) is 3. The number of esters is 3. The summed E-state index contributed by atoms with van der Waals surface area (Å²) in [6.07, 6.45) is 0. The van der Waals surface area contributed by atoms with Gasteiger partial charge in [-0.05, 0) is 11.1 Å². The van der Waals surface area contributed by atoms with Crippen LogP contribution in [0.1, 0.15) is 17.2 Å². The van der Waals surface area contributed by atoms with Crippen molar-refractivity contribution in [2.24, 2.45) is 11.8 Å². The van der Waals surface area contributed by atoms with Crippen molar-refractivity contribution in [1.29, 1.82) is 0 Å². The molecule has 0 bridgehead atoms. The Balaban J connectivity index is 1.96. The Bertz CT molecular complexity index is 947. The van der Waals surface area contributed by atoms with Crippen LogP contribution in [0.4, 0.5) is 0 Å². The average Bonchev–Trinajstić information content (AvgIpc) is 3.17. The summed E-state index contributed by atoms with van der Waals surface area (Å²) in [6.45, 7) is 0.287. The summed E-state index contributed by atoms with van der Waals surface area (Å²) in [7, 11) is 2.52. The number of cyclic esters (lactones) is 1. The van der Waals surface area contributed by atoms with E-state index in [0.29, 0.717) is 5.56 Å². The van der Waals surface area contributed by atoms with Gasteiger partial charge in [0.1, 0.15) is 12.5 Å². The Morgan fingerprint density at radius 2 is 1.57 bits per heavy atom. The SMILES string of the molecule is COC(=O)[C@@H]1CN2[C@H](c3ccccc3)COC(=O)[C@@]2(c2ccccc2)[C@H]1C(=O)OC. The molecule has 156 valence electrons. The third-order valence-corrected chi connectivity index (χ3v) is 6.12. The normalized spacial score (nSPS) is 28.3. The zero-order valence-electron chi connectivity index (χ0n) is 16.8. The molecule has 7 nitrogen and oxygen atoms in total. The summed E-state index contributed by atoms with van der Waals surface area (Å²) < 4.78 is 15.7. The smallest absolute Gasteiger partial charge is 0.332 e. The number of hydrogen-bond acceptors (Lipinski definition) is 7. The van der Waals surface area contributed by atoms with Crippen LogP contribution in [0.3, 0.4) is 0 Å². The Morgan fingerprint density at radius 3 is 2.17 bits per heavy atom. The highest BCUT2D eigenvalue weighted by Crippen LogP contribution is 2.53. The molecule has 0 aromatic heterocycles. The van der Waals surface area contributed by atoms with Gasteiger partial charge in [0, 0.05) is 6.54 Å². The van der Waals surface area contributed by atoms with Gasteiger partial charge in [-0.15, -0.1) is 0 Å². The summed E-state index contributed by atoms with van der Waals surface area (Å²) in [5.41, 5.74) is 0.0169. The van der Waals surface area contributed by atoms with Gasteiger partial charge >= 0.3 is 17.9 Å². The van der Waals surface area contributed by atoms with Crippen LogP contribution in [-0.2, 0) is 34.1 Å². The van der Waals surface area contributed by atoms with Crippen LogP contribution in [0, 0.1) is 11.8 Å². The van der Waals surface area contributed by atoms with Gasteiger partial charge in [0.2, 0.25) is 0 Å². The third kappa shape index (κ3) is 2.89. The Labute approximate surface area is 174 Å². The highest BCUT2D eigenvalue weighted by Gasteiger charge is 2.69. The number of nitrogens with zero attached hydrogens (tertiary/aromatic N) is 1. The fraction of sp³-hybridized carbons (Fsp3) is 0.348. The van der Waals surface area contributed by atoms with Gasteiger partial charge in [0.05, 0.1) is 26.2 Å². The number of carbonyl (C=O) groups is 3. The minimum atomic E-state index is -1.49. The first-order chi connectivity index (χ1) is 14.6. The zero-order chi connectivity index (χ0) is 21.3. The van der Waals surface area contributed by atoms with Crippen molar-refractivity contribution in [3.05, 3.63) is 71.8 Å². The lowest BCUT2D eigenvalue weighted by Gasteiger charge is -2.47. The highest BCUT2D eigenvalue weighted by molar-refractivity contribution is 5.95. The largest absolute Gasteiger partial charge is 0.469 e. The van der Waals surface area contributed by atoms with Crippen LogP contribution in [-0.4, -0.2) is 50.2 Å². The minimum Gasteiger partial charge on any atom is -0.469 e. The first-order valence-corrected chi connectivity index (χ1v) is 9.75. The molecule has 2 saturated heterocycles. The lowest BCUT2D eigenvalue weighted by molar-refractivity contribution is -0.183. The molecule has 0 radical (unpaired) electrons. The van der Waals surface area contributed by atoms with Gasteiger partial charge in [0.15, 0.2) is 5.54 Å². The van der Waals surface area contributed by atoms with Crippen molar-refractivity contribution in [2.75, 3.05) is 27.4 Å². The zero-order valence-corrected chi connectivity index (χ0v) is 16.8. The summed E-state index contributed by atoms with van der Waals surface area (Å²) in [5.74, 6) is -3.75. The molecule has 0 aliphatic carbocycles. The molecule has 2 aliphatic heterocycles. The Kier molecular flexibility index (Phi) is 5.30. The molecule has 2 aliphatic rings. The van der Waals surface area contributed by atoms with E-state index in [1.54, 1.807) is 24.3 Å². The lowest BCUT2D eigenvalue weighted by Crippen LogP contribution is -2.59. The Morgan fingerprint density at radius 1 is 0.967 bits per heavy atom. The molecule has 0 amide bonds. The molecule has 2 aromatic carbocycles. The van der Waals surface area contributed by atoms with E-state index in [1.165, 1.54) is 14.2 Å². The summed E-state index contributed by atoms with van der Waals surface area (Å²) in [4.78, 5) is 41.1. The number of benzene rings is 2. The van der Waals surface area contributed by atoms with Crippen molar-refractivity contribution >= 4 is 17.9 Å². The van der Waals surface area contributed by atoms with E-state index in [0.717, 1.165) is 5.56 Å². The van der Waals surface area contributed by atoms with E-state index < -0.39 is 35.3 Å². The average molecular weight is 409 g/mol. The molecule has 0 unspecified atom stereocenters. The van der Waals surface area contributed by atoms with Crippen molar-refractivity contribution < 1.29 is 28.6 Å². The van der Waals surface area contributed by atoms with Gasteiger partial charge in [0.25, 0.3) is 0 Å². The minimum absolute atomic E-state index is 0.124. The van der Waals surface area contributed by atoms with Gasteiger partial charge in [-0.25, -0.2) is 4.79 Å². The highest BCUT2D eigenvalue weighted by atomic mass is 16.5. The van der Waals surface area contributed by atoms with E-state index in [9.17, 15) is 14.4 Å². The molecule has 30 heavy (non-hydrogen) atoms. The quantitative estimate of drug-likeness (QED) is 0.565. The van der Waals surface area contributed by atoms with E-state index in [2.05, 4.69) is 0 Å². The maximum atomic E-state index is 13.4. The third-order valence-electron chi connectivity index (χ3n) is 6.12. The molecule has 2 heterocycles. The van der Waals surface area contributed by atoms with Gasteiger partial charge in [-0.1, -0.05) is 60.7 Å². The standard InChI is InChI=1S/C23H23NO6/c1-28-20(25)17-13-24-18(15-9-5-3-6-10-15)14-30-22(27)23(24,19(17)21(26)29-2)16-11-7-4-8-12-16/h3-12,17-19H,13-14H2,1-2H3/t17-,18+,19-,23-/m1/s1. The van der Waals surface area contributed by atoms with Crippen molar-refractivity contribution in [3.8, 4) is 0 Å². The first-order valence-electron chi connectivity index (χ1n) is 9.75. The van der Waals surface area contributed by atoms with Crippen molar-refractivity contribution in [2.45, 2.75) is 11.6 Å². The monoisotopic (exact) mass is 409 g/mol. The van der Waals surface area contributed by atoms with Gasteiger partial charge in [-0.2, -0.15) is 0 Å². The van der Waals surface area contributed by atoms with Crippen LogP contribution in [0.15, 0.2) is 60.7 Å². The van der Waals surface area contributed by atoms with Crippen LogP contribution < -0.4 is 0 Å². The summed E-state index contributed by atoms with van der Waals surface area (Å²) >= 11 is 0.